The van der Waals surface area contributed by atoms with Crippen LogP contribution in [-0.2, 0) is 9.53 Å². The van der Waals surface area contributed by atoms with Gasteiger partial charge in [-0.3, -0.25) is 4.79 Å². The summed E-state index contributed by atoms with van der Waals surface area (Å²) in [5, 5.41) is 0. The molecule has 0 bridgehead atoms. The standard InChI is InChI=1S/C10H12FNO2/c1-6-3-4-7(8(11)5-6)9(12)10(13)14-2/h3-5,9H,12H2,1-2H3. The molecule has 0 saturated carbocycles. The summed E-state index contributed by atoms with van der Waals surface area (Å²) in [6.45, 7) is 1.76. The van der Waals surface area contributed by atoms with Crippen molar-refractivity contribution in [2.45, 2.75) is 13.0 Å². The molecule has 0 fully saturated rings. The Labute approximate surface area is 81.7 Å². The summed E-state index contributed by atoms with van der Waals surface area (Å²) in [7, 11) is 1.22. The van der Waals surface area contributed by atoms with Gasteiger partial charge in [-0.2, -0.15) is 0 Å². The Bertz CT molecular complexity index is 352. The van der Waals surface area contributed by atoms with Crippen molar-refractivity contribution in [2.75, 3.05) is 7.11 Å². The molecule has 1 aromatic carbocycles. The fourth-order valence-corrected chi connectivity index (χ4v) is 1.14. The van der Waals surface area contributed by atoms with E-state index < -0.39 is 17.8 Å². The van der Waals surface area contributed by atoms with E-state index in [4.69, 9.17) is 5.73 Å². The van der Waals surface area contributed by atoms with Crippen LogP contribution < -0.4 is 5.73 Å². The average Bonchev–Trinajstić information content (AvgIpc) is 2.15. The van der Waals surface area contributed by atoms with Gasteiger partial charge in [0.15, 0.2) is 0 Å². The first-order valence-corrected chi connectivity index (χ1v) is 4.15. The normalized spacial score (nSPS) is 12.3. The molecule has 3 nitrogen and oxygen atoms in total. The first-order chi connectivity index (χ1) is 6.56. The highest BCUT2D eigenvalue weighted by molar-refractivity contribution is 5.77. The molecule has 0 spiro atoms. The van der Waals surface area contributed by atoms with Crippen LogP contribution in [0.5, 0.6) is 0 Å². The summed E-state index contributed by atoms with van der Waals surface area (Å²) in [5.41, 5.74) is 6.42. The zero-order valence-electron chi connectivity index (χ0n) is 8.08. The van der Waals surface area contributed by atoms with Gasteiger partial charge in [0.25, 0.3) is 0 Å². The Kier molecular flexibility index (Phi) is 3.19. The smallest absolute Gasteiger partial charge is 0.327 e. The molecular formula is C10H12FNO2. The highest BCUT2D eigenvalue weighted by Gasteiger charge is 2.19. The number of carbonyl (C=O) groups is 1. The van der Waals surface area contributed by atoms with E-state index in [2.05, 4.69) is 4.74 Å². The average molecular weight is 197 g/mol. The molecule has 0 radical (unpaired) electrons. The second kappa shape index (κ2) is 4.19. The minimum absolute atomic E-state index is 0.155. The molecule has 1 aromatic rings. The second-order valence-electron chi connectivity index (χ2n) is 3.03. The predicted octanol–water partition coefficient (Wildman–Crippen LogP) is 1.31. The van der Waals surface area contributed by atoms with Crippen LogP contribution in [-0.4, -0.2) is 13.1 Å². The van der Waals surface area contributed by atoms with Crippen LogP contribution in [0.15, 0.2) is 18.2 Å². The molecule has 14 heavy (non-hydrogen) atoms. The minimum atomic E-state index is -1.06. The van der Waals surface area contributed by atoms with E-state index in [0.717, 1.165) is 5.56 Å². The number of halogens is 1. The number of esters is 1. The maximum absolute atomic E-state index is 13.3. The first-order valence-electron chi connectivity index (χ1n) is 4.15. The van der Waals surface area contributed by atoms with Crippen molar-refractivity contribution in [3.8, 4) is 0 Å². The molecular weight excluding hydrogens is 185 g/mol. The third-order valence-corrected chi connectivity index (χ3v) is 1.95. The second-order valence-corrected chi connectivity index (χ2v) is 3.03. The SMILES string of the molecule is COC(=O)C(N)c1ccc(C)cc1F. The Morgan fingerprint density at radius 1 is 1.57 bits per heavy atom. The molecule has 0 saturated heterocycles. The summed E-state index contributed by atoms with van der Waals surface area (Å²) in [6, 6.07) is 3.46. The van der Waals surface area contributed by atoms with Gasteiger partial charge in [-0.15, -0.1) is 0 Å². The lowest BCUT2D eigenvalue weighted by Gasteiger charge is -2.10. The number of rotatable bonds is 2. The van der Waals surface area contributed by atoms with Crippen molar-refractivity contribution >= 4 is 5.97 Å². The van der Waals surface area contributed by atoms with Crippen molar-refractivity contribution in [3.63, 3.8) is 0 Å². The molecule has 0 amide bonds. The molecule has 0 heterocycles. The first kappa shape index (κ1) is 10.7. The van der Waals surface area contributed by atoms with Gasteiger partial charge in [-0.05, 0) is 18.6 Å². The minimum Gasteiger partial charge on any atom is -0.468 e. The Balaban J connectivity index is 3.01. The molecule has 4 heteroatoms. The summed E-state index contributed by atoms with van der Waals surface area (Å²) in [5.74, 6) is -1.13. The van der Waals surface area contributed by atoms with Crippen molar-refractivity contribution in [1.82, 2.24) is 0 Å². The molecule has 76 valence electrons. The molecule has 0 aliphatic carbocycles. The molecule has 1 atom stereocenters. The van der Waals surface area contributed by atoms with Gasteiger partial charge in [0.1, 0.15) is 11.9 Å². The van der Waals surface area contributed by atoms with Crippen LogP contribution in [0, 0.1) is 12.7 Å². The molecule has 2 N–H and O–H groups in total. The van der Waals surface area contributed by atoms with Crippen LogP contribution in [0.25, 0.3) is 0 Å². The lowest BCUT2D eigenvalue weighted by atomic mass is 10.1. The van der Waals surface area contributed by atoms with E-state index in [1.165, 1.54) is 19.2 Å². The fraction of sp³-hybridized carbons (Fsp3) is 0.300. The highest BCUT2D eigenvalue weighted by atomic mass is 19.1. The fourth-order valence-electron chi connectivity index (χ4n) is 1.14. The topological polar surface area (TPSA) is 52.3 Å². The van der Waals surface area contributed by atoms with Gasteiger partial charge < -0.3 is 10.5 Å². The number of nitrogens with two attached hydrogens (primary N) is 1. The molecule has 0 aliphatic heterocycles. The van der Waals surface area contributed by atoms with Crippen LogP contribution in [0.4, 0.5) is 4.39 Å². The number of hydrogen-bond donors (Lipinski definition) is 1. The molecule has 1 rings (SSSR count). The third-order valence-electron chi connectivity index (χ3n) is 1.95. The van der Waals surface area contributed by atoms with Gasteiger partial charge in [0.2, 0.25) is 0 Å². The van der Waals surface area contributed by atoms with Crippen LogP contribution in [0.2, 0.25) is 0 Å². The van der Waals surface area contributed by atoms with Crippen LogP contribution in [0.1, 0.15) is 17.2 Å². The highest BCUT2D eigenvalue weighted by Crippen LogP contribution is 2.17. The summed E-state index contributed by atoms with van der Waals surface area (Å²) >= 11 is 0. The number of aryl methyl sites for hydroxylation is 1. The summed E-state index contributed by atoms with van der Waals surface area (Å²) in [4.78, 5) is 11.0. The van der Waals surface area contributed by atoms with Crippen LogP contribution in [0.3, 0.4) is 0 Å². The molecule has 0 aliphatic rings. The number of hydrogen-bond acceptors (Lipinski definition) is 3. The van der Waals surface area contributed by atoms with Crippen molar-refractivity contribution in [1.29, 1.82) is 0 Å². The quantitative estimate of drug-likeness (QED) is 0.727. The van der Waals surface area contributed by atoms with Gasteiger partial charge in [-0.1, -0.05) is 12.1 Å². The number of benzene rings is 1. The van der Waals surface area contributed by atoms with Crippen molar-refractivity contribution < 1.29 is 13.9 Å². The summed E-state index contributed by atoms with van der Waals surface area (Å²) < 4.78 is 17.7. The largest absolute Gasteiger partial charge is 0.468 e. The van der Waals surface area contributed by atoms with Gasteiger partial charge in [0, 0.05) is 5.56 Å². The number of carbonyl (C=O) groups excluding carboxylic acids is 1. The van der Waals surface area contributed by atoms with Gasteiger partial charge in [-0.25, -0.2) is 4.39 Å². The van der Waals surface area contributed by atoms with E-state index in [9.17, 15) is 9.18 Å². The lowest BCUT2D eigenvalue weighted by Crippen LogP contribution is -2.23. The van der Waals surface area contributed by atoms with Gasteiger partial charge >= 0.3 is 5.97 Å². The Hall–Kier alpha value is -1.42. The maximum Gasteiger partial charge on any atom is 0.327 e. The van der Waals surface area contributed by atoms with Crippen molar-refractivity contribution in [2.24, 2.45) is 5.73 Å². The Morgan fingerprint density at radius 3 is 2.71 bits per heavy atom. The van der Waals surface area contributed by atoms with Gasteiger partial charge in [0.05, 0.1) is 7.11 Å². The van der Waals surface area contributed by atoms with E-state index in [1.807, 2.05) is 0 Å². The predicted molar refractivity (Wildman–Crippen MR) is 50.1 cm³/mol. The van der Waals surface area contributed by atoms with E-state index in [0.29, 0.717) is 0 Å². The van der Waals surface area contributed by atoms with E-state index in [1.54, 1.807) is 13.0 Å². The van der Waals surface area contributed by atoms with E-state index in [-0.39, 0.29) is 5.56 Å². The van der Waals surface area contributed by atoms with E-state index >= 15 is 0 Å². The van der Waals surface area contributed by atoms with Crippen molar-refractivity contribution in [3.05, 3.63) is 35.1 Å². The number of methoxy groups -OCH3 is 1. The monoisotopic (exact) mass is 197 g/mol. The Morgan fingerprint density at radius 2 is 2.21 bits per heavy atom. The maximum atomic E-state index is 13.3. The van der Waals surface area contributed by atoms with Crippen LogP contribution >= 0.6 is 0 Å². The number of ether oxygens (including phenoxy) is 1. The lowest BCUT2D eigenvalue weighted by molar-refractivity contribution is -0.142. The summed E-state index contributed by atoms with van der Waals surface area (Å²) in [6.07, 6.45) is 0. The zero-order valence-corrected chi connectivity index (χ0v) is 8.08. The molecule has 0 aromatic heterocycles. The zero-order chi connectivity index (χ0) is 10.7. The third kappa shape index (κ3) is 2.09. The molecule has 1 unspecified atom stereocenters.